The van der Waals surface area contributed by atoms with Crippen molar-refractivity contribution in [3.63, 3.8) is 0 Å². The van der Waals surface area contributed by atoms with Crippen LogP contribution in [0, 0.1) is 0 Å². The van der Waals surface area contributed by atoms with Crippen molar-refractivity contribution < 1.29 is 4.79 Å². The second kappa shape index (κ2) is 8.93. The third-order valence-electron chi connectivity index (χ3n) is 3.74. The molecule has 0 atom stereocenters. The number of unbranched alkanes of at least 4 members (excludes halogenated alkanes) is 2. The summed E-state index contributed by atoms with van der Waals surface area (Å²) in [7, 11) is 0. The van der Waals surface area contributed by atoms with Gasteiger partial charge in [-0.25, -0.2) is 0 Å². The lowest BCUT2D eigenvalue weighted by Crippen LogP contribution is -2.24. The maximum atomic E-state index is 12.2. The number of anilines is 2. The van der Waals surface area contributed by atoms with Crippen molar-refractivity contribution in [2.45, 2.75) is 39.5 Å². The van der Waals surface area contributed by atoms with Crippen molar-refractivity contribution in [1.29, 1.82) is 0 Å². The molecular formula is C19H25N3O. The number of amides is 1. The summed E-state index contributed by atoms with van der Waals surface area (Å²) in [5, 5.41) is 6.29. The van der Waals surface area contributed by atoms with Crippen LogP contribution in [-0.4, -0.2) is 17.4 Å². The average Bonchev–Trinajstić information content (AvgIpc) is 2.59. The Morgan fingerprint density at radius 3 is 2.74 bits per heavy atom. The van der Waals surface area contributed by atoms with Crippen molar-refractivity contribution >= 4 is 17.3 Å². The lowest BCUT2D eigenvalue weighted by atomic mass is 10.1. The van der Waals surface area contributed by atoms with Gasteiger partial charge in [0.05, 0.1) is 17.4 Å². The first-order valence-electron chi connectivity index (χ1n) is 8.32. The number of carbonyl (C=O) groups is 1. The van der Waals surface area contributed by atoms with E-state index in [1.54, 1.807) is 12.4 Å². The van der Waals surface area contributed by atoms with Gasteiger partial charge >= 0.3 is 0 Å². The highest BCUT2D eigenvalue weighted by atomic mass is 16.1. The number of pyridine rings is 1. The van der Waals surface area contributed by atoms with Gasteiger partial charge in [0.15, 0.2) is 0 Å². The van der Waals surface area contributed by atoms with Crippen LogP contribution in [0.15, 0.2) is 42.7 Å². The van der Waals surface area contributed by atoms with Crippen LogP contribution in [0.2, 0.25) is 0 Å². The highest BCUT2D eigenvalue weighted by Gasteiger charge is 2.07. The molecular weight excluding hydrogens is 286 g/mol. The largest absolute Gasteiger partial charge is 0.354 e. The molecule has 0 spiro atoms. The number of nitrogens with zero attached hydrogens (tertiary/aromatic N) is 1. The topological polar surface area (TPSA) is 54.0 Å². The number of hydrogen-bond acceptors (Lipinski definition) is 3. The summed E-state index contributed by atoms with van der Waals surface area (Å²) in [6.45, 7) is 4.98. The van der Waals surface area contributed by atoms with E-state index in [0.717, 1.165) is 37.1 Å². The van der Waals surface area contributed by atoms with Gasteiger partial charge in [0, 0.05) is 18.4 Å². The maximum absolute atomic E-state index is 12.2. The van der Waals surface area contributed by atoms with E-state index in [1.165, 1.54) is 5.56 Å². The van der Waals surface area contributed by atoms with Crippen molar-refractivity contribution in [3.8, 4) is 0 Å². The Labute approximate surface area is 138 Å². The first-order chi connectivity index (χ1) is 11.2. The number of benzene rings is 1. The Hall–Kier alpha value is -2.36. The molecule has 0 fully saturated rings. The SMILES string of the molecule is CCCCCNC(=O)c1cncc(Nc2ccccc2CC)c1. The number of hydrogen-bond donors (Lipinski definition) is 2. The summed E-state index contributed by atoms with van der Waals surface area (Å²) in [5.74, 6) is -0.0685. The molecule has 1 aromatic carbocycles. The monoisotopic (exact) mass is 311 g/mol. The quantitative estimate of drug-likeness (QED) is 0.714. The summed E-state index contributed by atoms with van der Waals surface area (Å²) in [4.78, 5) is 16.3. The van der Waals surface area contributed by atoms with Gasteiger partial charge in [0.25, 0.3) is 5.91 Å². The third kappa shape index (κ3) is 5.09. The van der Waals surface area contributed by atoms with Crippen LogP contribution in [-0.2, 0) is 6.42 Å². The lowest BCUT2D eigenvalue weighted by Gasteiger charge is -2.11. The Morgan fingerprint density at radius 1 is 1.13 bits per heavy atom. The fourth-order valence-corrected chi connectivity index (χ4v) is 2.42. The first kappa shape index (κ1) is 17.0. The minimum atomic E-state index is -0.0685. The minimum absolute atomic E-state index is 0.0685. The van der Waals surface area contributed by atoms with Crippen molar-refractivity contribution in [1.82, 2.24) is 10.3 Å². The van der Waals surface area contributed by atoms with Crippen molar-refractivity contribution in [2.75, 3.05) is 11.9 Å². The molecule has 0 saturated carbocycles. The summed E-state index contributed by atoms with van der Waals surface area (Å²) in [6, 6.07) is 10.0. The van der Waals surface area contributed by atoms with E-state index in [9.17, 15) is 4.79 Å². The Balaban J connectivity index is 2.03. The van der Waals surface area contributed by atoms with Gasteiger partial charge in [-0.05, 0) is 30.5 Å². The number of para-hydroxylation sites is 1. The van der Waals surface area contributed by atoms with Gasteiger partial charge < -0.3 is 10.6 Å². The molecule has 0 aliphatic carbocycles. The molecule has 1 aromatic heterocycles. The van der Waals surface area contributed by atoms with Crippen LogP contribution in [0.1, 0.15) is 49.0 Å². The fourth-order valence-electron chi connectivity index (χ4n) is 2.42. The van der Waals surface area contributed by atoms with Crippen LogP contribution < -0.4 is 10.6 Å². The zero-order valence-corrected chi connectivity index (χ0v) is 13.9. The molecule has 1 amide bonds. The van der Waals surface area contributed by atoms with Crippen LogP contribution in [0.3, 0.4) is 0 Å². The predicted molar refractivity (Wildman–Crippen MR) is 95.2 cm³/mol. The van der Waals surface area contributed by atoms with Crippen molar-refractivity contribution in [3.05, 3.63) is 53.9 Å². The molecule has 122 valence electrons. The van der Waals surface area contributed by atoms with Crippen LogP contribution in [0.25, 0.3) is 0 Å². The van der Waals surface area contributed by atoms with Crippen molar-refractivity contribution in [2.24, 2.45) is 0 Å². The van der Waals surface area contributed by atoms with E-state index in [0.29, 0.717) is 12.1 Å². The molecule has 4 nitrogen and oxygen atoms in total. The van der Waals surface area contributed by atoms with E-state index in [2.05, 4.69) is 35.5 Å². The molecule has 2 aromatic rings. The molecule has 0 aliphatic rings. The zero-order valence-electron chi connectivity index (χ0n) is 13.9. The Bertz CT molecular complexity index is 640. The van der Waals surface area contributed by atoms with E-state index in [-0.39, 0.29) is 5.91 Å². The smallest absolute Gasteiger partial charge is 0.252 e. The standard InChI is InChI=1S/C19H25N3O/c1-3-5-8-11-21-19(23)16-12-17(14-20-13-16)22-18-10-7-6-9-15(18)4-2/h6-7,9-10,12-14,22H,3-5,8,11H2,1-2H3,(H,21,23). The molecule has 2 N–H and O–H groups in total. The van der Waals surface area contributed by atoms with Crippen LogP contribution >= 0.6 is 0 Å². The highest BCUT2D eigenvalue weighted by Crippen LogP contribution is 2.21. The highest BCUT2D eigenvalue weighted by molar-refractivity contribution is 5.94. The van der Waals surface area contributed by atoms with Gasteiger partial charge in [-0.1, -0.05) is 44.9 Å². The summed E-state index contributed by atoms with van der Waals surface area (Å²) in [6.07, 6.45) is 7.58. The number of carbonyl (C=O) groups excluding carboxylic acids is 1. The molecule has 1 heterocycles. The fraction of sp³-hybridized carbons (Fsp3) is 0.368. The molecule has 0 aliphatic heterocycles. The van der Waals surface area contributed by atoms with E-state index >= 15 is 0 Å². The van der Waals surface area contributed by atoms with E-state index in [1.807, 2.05) is 24.3 Å². The normalized spacial score (nSPS) is 10.3. The van der Waals surface area contributed by atoms with Gasteiger partial charge in [-0.2, -0.15) is 0 Å². The lowest BCUT2D eigenvalue weighted by molar-refractivity contribution is 0.0952. The first-order valence-corrected chi connectivity index (χ1v) is 8.32. The van der Waals surface area contributed by atoms with Gasteiger partial charge in [-0.15, -0.1) is 0 Å². The second-order valence-electron chi connectivity index (χ2n) is 5.56. The summed E-state index contributed by atoms with van der Waals surface area (Å²) in [5.41, 5.74) is 3.70. The summed E-state index contributed by atoms with van der Waals surface area (Å²) >= 11 is 0. The molecule has 4 heteroatoms. The summed E-state index contributed by atoms with van der Waals surface area (Å²) < 4.78 is 0. The van der Waals surface area contributed by atoms with Crippen LogP contribution in [0.4, 0.5) is 11.4 Å². The molecule has 23 heavy (non-hydrogen) atoms. The zero-order chi connectivity index (χ0) is 16.5. The van der Waals surface area contributed by atoms with Gasteiger partial charge in [0.2, 0.25) is 0 Å². The van der Waals surface area contributed by atoms with Crippen LogP contribution in [0.5, 0.6) is 0 Å². The van der Waals surface area contributed by atoms with Gasteiger partial charge in [-0.3, -0.25) is 9.78 Å². The Morgan fingerprint density at radius 2 is 1.96 bits per heavy atom. The number of rotatable bonds is 8. The van der Waals surface area contributed by atoms with E-state index in [4.69, 9.17) is 0 Å². The average molecular weight is 311 g/mol. The minimum Gasteiger partial charge on any atom is -0.354 e. The molecule has 0 bridgehead atoms. The van der Waals surface area contributed by atoms with E-state index < -0.39 is 0 Å². The second-order valence-corrected chi connectivity index (χ2v) is 5.56. The predicted octanol–water partition coefficient (Wildman–Crippen LogP) is 4.31. The number of nitrogens with one attached hydrogen (secondary N) is 2. The molecule has 0 radical (unpaired) electrons. The molecule has 0 unspecified atom stereocenters. The molecule has 2 rings (SSSR count). The van der Waals surface area contributed by atoms with Gasteiger partial charge in [0.1, 0.15) is 0 Å². The maximum Gasteiger partial charge on any atom is 0.252 e. The third-order valence-corrected chi connectivity index (χ3v) is 3.74. The molecule has 0 saturated heterocycles. The Kier molecular flexibility index (Phi) is 6.60. The number of aromatic nitrogens is 1. The number of aryl methyl sites for hydroxylation is 1.